The zero-order valence-electron chi connectivity index (χ0n) is 15.9. The Morgan fingerprint density at radius 2 is 1.80 bits per heavy atom. The Morgan fingerprint density at radius 3 is 2.60 bits per heavy atom. The molecular formula is C21H17ClN4O3S. The molecule has 0 fully saturated rings. The van der Waals surface area contributed by atoms with E-state index in [2.05, 4.69) is 19.8 Å². The maximum atomic E-state index is 12.9. The Morgan fingerprint density at radius 1 is 1.03 bits per heavy atom. The van der Waals surface area contributed by atoms with Crippen molar-refractivity contribution in [3.8, 4) is 11.4 Å². The molecule has 1 N–H and O–H groups in total. The molecule has 9 heteroatoms. The van der Waals surface area contributed by atoms with Crippen LogP contribution in [0.25, 0.3) is 11.4 Å². The van der Waals surface area contributed by atoms with Crippen molar-refractivity contribution in [3.63, 3.8) is 0 Å². The Labute approximate surface area is 178 Å². The lowest BCUT2D eigenvalue weighted by Crippen LogP contribution is -2.15. The summed E-state index contributed by atoms with van der Waals surface area (Å²) in [6.07, 6.45) is 3.56. The average Bonchev–Trinajstić information content (AvgIpc) is 3.20. The van der Waals surface area contributed by atoms with E-state index < -0.39 is 10.0 Å². The third-order valence-electron chi connectivity index (χ3n) is 4.52. The molecule has 4 rings (SSSR count). The Bertz CT molecular complexity index is 1290. The predicted molar refractivity (Wildman–Crippen MR) is 114 cm³/mol. The van der Waals surface area contributed by atoms with Gasteiger partial charge in [0.1, 0.15) is 0 Å². The molecule has 0 saturated carbocycles. The minimum atomic E-state index is -3.83. The summed E-state index contributed by atoms with van der Waals surface area (Å²) in [7, 11) is -3.83. The van der Waals surface area contributed by atoms with Gasteiger partial charge in [-0.1, -0.05) is 41.0 Å². The van der Waals surface area contributed by atoms with Crippen molar-refractivity contribution in [2.24, 2.45) is 0 Å². The first-order chi connectivity index (χ1) is 14.4. The highest BCUT2D eigenvalue weighted by Crippen LogP contribution is 2.27. The number of hydrogen-bond acceptors (Lipinski definition) is 6. The van der Waals surface area contributed by atoms with Crippen molar-refractivity contribution in [1.82, 2.24) is 15.1 Å². The molecule has 2 aromatic carbocycles. The van der Waals surface area contributed by atoms with E-state index in [-0.39, 0.29) is 11.3 Å². The SMILES string of the molecule is Cc1c(Cl)cccc1S(=O)(=O)Nc1ccccc1Cc1nc(-c2ccncc2)no1. The summed E-state index contributed by atoms with van der Waals surface area (Å²) in [5.41, 5.74) is 2.40. The Kier molecular flexibility index (Phi) is 5.52. The number of hydrogen-bond donors (Lipinski definition) is 1. The summed E-state index contributed by atoms with van der Waals surface area (Å²) in [4.78, 5) is 8.49. The largest absolute Gasteiger partial charge is 0.339 e. The topological polar surface area (TPSA) is 98.0 Å². The second kappa shape index (κ2) is 8.25. The van der Waals surface area contributed by atoms with Crippen LogP contribution in [0.1, 0.15) is 17.0 Å². The van der Waals surface area contributed by atoms with Crippen molar-refractivity contribution < 1.29 is 12.9 Å². The van der Waals surface area contributed by atoms with Crippen LogP contribution in [0.4, 0.5) is 5.69 Å². The van der Waals surface area contributed by atoms with Gasteiger partial charge in [-0.2, -0.15) is 4.98 Å². The highest BCUT2D eigenvalue weighted by atomic mass is 35.5. The van der Waals surface area contributed by atoms with Crippen molar-refractivity contribution in [1.29, 1.82) is 0 Å². The number of benzene rings is 2. The van der Waals surface area contributed by atoms with Crippen LogP contribution in [0.15, 0.2) is 76.4 Å². The number of aromatic nitrogens is 3. The maximum Gasteiger partial charge on any atom is 0.262 e. The molecule has 0 aliphatic heterocycles. The molecule has 0 spiro atoms. The lowest BCUT2D eigenvalue weighted by Gasteiger charge is -2.13. The van der Waals surface area contributed by atoms with Gasteiger partial charge in [0.25, 0.3) is 10.0 Å². The van der Waals surface area contributed by atoms with Gasteiger partial charge in [-0.05, 0) is 48.4 Å². The molecule has 0 aliphatic carbocycles. The molecule has 152 valence electrons. The van der Waals surface area contributed by atoms with Crippen LogP contribution >= 0.6 is 11.6 Å². The van der Waals surface area contributed by atoms with Crippen LogP contribution < -0.4 is 4.72 Å². The van der Waals surface area contributed by atoms with Gasteiger partial charge in [0, 0.05) is 23.0 Å². The van der Waals surface area contributed by atoms with E-state index in [1.807, 2.05) is 6.07 Å². The van der Waals surface area contributed by atoms with Crippen LogP contribution in [-0.4, -0.2) is 23.5 Å². The zero-order valence-corrected chi connectivity index (χ0v) is 17.5. The lowest BCUT2D eigenvalue weighted by molar-refractivity contribution is 0.386. The average molecular weight is 441 g/mol. The van der Waals surface area contributed by atoms with Crippen molar-refractivity contribution >= 4 is 27.3 Å². The molecule has 0 radical (unpaired) electrons. The van der Waals surface area contributed by atoms with Crippen molar-refractivity contribution in [2.75, 3.05) is 4.72 Å². The first-order valence-electron chi connectivity index (χ1n) is 9.03. The number of para-hydroxylation sites is 1. The molecule has 2 heterocycles. The number of halogens is 1. The second-order valence-corrected chi connectivity index (χ2v) is 8.61. The molecule has 7 nitrogen and oxygen atoms in total. The van der Waals surface area contributed by atoms with Gasteiger partial charge < -0.3 is 4.52 Å². The fraction of sp³-hybridized carbons (Fsp3) is 0.0952. The predicted octanol–water partition coefficient (Wildman–Crippen LogP) is 4.49. The van der Waals surface area contributed by atoms with Gasteiger partial charge in [-0.25, -0.2) is 8.42 Å². The van der Waals surface area contributed by atoms with E-state index >= 15 is 0 Å². The van der Waals surface area contributed by atoms with Crippen LogP contribution in [0, 0.1) is 6.92 Å². The van der Waals surface area contributed by atoms with E-state index in [0.29, 0.717) is 33.6 Å². The van der Waals surface area contributed by atoms with Gasteiger partial charge in [-0.15, -0.1) is 0 Å². The summed E-state index contributed by atoms with van der Waals surface area (Å²) in [6, 6.07) is 15.4. The fourth-order valence-corrected chi connectivity index (χ4v) is 4.56. The van der Waals surface area contributed by atoms with E-state index in [4.69, 9.17) is 16.1 Å². The van der Waals surface area contributed by atoms with Crippen LogP contribution in [0.5, 0.6) is 0 Å². The van der Waals surface area contributed by atoms with Crippen LogP contribution in [0.2, 0.25) is 5.02 Å². The standard InChI is InChI=1S/C21H17ClN4O3S/c1-14-17(22)6-4-8-19(14)30(27,28)26-18-7-3-2-5-16(18)13-20-24-21(25-29-20)15-9-11-23-12-10-15/h2-12,26H,13H2,1H3. The number of nitrogens with one attached hydrogen (secondary N) is 1. The maximum absolute atomic E-state index is 12.9. The third-order valence-corrected chi connectivity index (χ3v) is 6.44. The molecule has 0 atom stereocenters. The molecule has 0 bridgehead atoms. The van der Waals surface area contributed by atoms with Gasteiger partial charge >= 0.3 is 0 Å². The summed E-state index contributed by atoms with van der Waals surface area (Å²) in [6.45, 7) is 1.67. The minimum absolute atomic E-state index is 0.127. The van der Waals surface area contributed by atoms with Gasteiger partial charge in [0.2, 0.25) is 11.7 Å². The normalized spacial score (nSPS) is 11.4. The first-order valence-corrected chi connectivity index (χ1v) is 10.9. The number of nitrogens with zero attached hydrogens (tertiary/aromatic N) is 3. The van der Waals surface area contributed by atoms with E-state index in [0.717, 1.165) is 5.56 Å². The molecule has 0 saturated heterocycles. The summed E-state index contributed by atoms with van der Waals surface area (Å²) >= 11 is 6.09. The highest BCUT2D eigenvalue weighted by Gasteiger charge is 2.20. The number of sulfonamides is 1. The molecule has 0 unspecified atom stereocenters. The first kappa shape index (κ1) is 20.1. The highest BCUT2D eigenvalue weighted by molar-refractivity contribution is 7.92. The zero-order chi connectivity index (χ0) is 21.1. The summed E-state index contributed by atoms with van der Waals surface area (Å²) in [5.74, 6) is 0.812. The summed E-state index contributed by atoms with van der Waals surface area (Å²) in [5, 5.41) is 4.38. The van der Waals surface area contributed by atoms with E-state index in [1.165, 1.54) is 6.07 Å². The monoisotopic (exact) mass is 440 g/mol. The molecule has 0 aliphatic rings. The van der Waals surface area contributed by atoms with Gasteiger partial charge in [0.05, 0.1) is 17.0 Å². The van der Waals surface area contributed by atoms with Crippen molar-refractivity contribution in [3.05, 3.63) is 89.0 Å². The minimum Gasteiger partial charge on any atom is -0.339 e. The fourth-order valence-electron chi connectivity index (χ4n) is 2.96. The molecular weight excluding hydrogens is 424 g/mol. The Balaban J connectivity index is 1.61. The van der Waals surface area contributed by atoms with Crippen LogP contribution in [-0.2, 0) is 16.4 Å². The van der Waals surface area contributed by atoms with Gasteiger partial charge in [0.15, 0.2) is 0 Å². The van der Waals surface area contributed by atoms with E-state index in [9.17, 15) is 8.42 Å². The lowest BCUT2D eigenvalue weighted by atomic mass is 10.1. The third kappa shape index (κ3) is 4.19. The van der Waals surface area contributed by atoms with E-state index in [1.54, 1.807) is 61.8 Å². The quantitative estimate of drug-likeness (QED) is 0.474. The Hall–Kier alpha value is -3.23. The molecule has 2 aromatic heterocycles. The molecule has 0 amide bonds. The van der Waals surface area contributed by atoms with Crippen LogP contribution in [0.3, 0.4) is 0 Å². The molecule has 30 heavy (non-hydrogen) atoms. The molecule has 4 aromatic rings. The number of anilines is 1. The number of rotatable bonds is 6. The summed E-state index contributed by atoms with van der Waals surface area (Å²) < 4.78 is 33.9. The second-order valence-electron chi connectivity index (χ2n) is 6.55. The smallest absolute Gasteiger partial charge is 0.262 e. The van der Waals surface area contributed by atoms with Crippen molar-refractivity contribution in [2.45, 2.75) is 18.2 Å². The number of pyridine rings is 1. The van der Waals surface area contributed by atoms with Gasteiger partial charge in [-0.3, -0.25) is 9.71 Å².